The van der Waals surface area contributed by atoms with Crippen molar-refractivity contribution in [2.75, 3.05) is 50.1 Å². The van der Waals surface area contributed by atoms with E-state index in [-0.39, 0.29) is 5.91 Å². The predicted octanol–water partition coefficient (Wildman–Crippen LogP) is 1.60. The summed E-state index contributed by atoms with van der Waals surface area (Å²) in [5.74, 6) is 0.786. The molecular formula is C21H28N3O2+. The standard InChI is InChI=1S/C21H27N3O2/c1-3-23-12-14-24(15-13-23)19-8-6-18(7-9-19)22-21(25)16-17-4-10-20(26-2)11-5-17/h4-11H,3,12-16H2,1-2H3,(H,22,25)/p+1. The highest BCUT2D eigenvalue weighted by Gasteiger charge is 2.18. The Kier molecular flexibility index (Phi) is 6.12. The summed E-state index contributed by atoms with van der Waals surface area (Å²) in [6.07, 6.45) is 0.355. The van der Waals surface area contributed by atoms with Gasteiger partial charge in [0.15, 0.2) is 0 Å². The van der Waals surface area contributed by atoms with E-state index in [1.54, 1.807) is 12.0 Å². The van der Waals surface area contributed by atoms with Gasteiger partial charge in [-0.05, 0) is 48.9 Å². The predicted molar refractivity (Wildman–Crippen MR) is 105 cm³/mol. The number of piperazine rings is 1. The molecule has 2 aromatic carbocycles. The number of carbonyl (C=O) groups excluding carboxylic acids is 1. The average Bonchev–Trinajstić information content (AvgIpc) is 2.69. The maximum atomic E-state index is 12.2. The van der Waals surface area contributed by atoms with Crippen molar-refractivity contribution in [2.24, 2.45) is 0 Å². The zero-order chi connectivity index (χ0) is 18.4. The van der Waals surface area contributed by atoms with Gasteiger partial charge in [0.05, 0.1) is 46.3 Å². The van der Waals surface area contributed by atoms with Gasteiger partial charge in [0, 0.05) is 11.4 Å². The summed E-state index contributed by atoms with van der Waals surface area (Å²) in [6, 6.07) is 15.7. The summed E-state index contributed by atoms with van der Waals surface area (Å²) in [7, 11) is 1.64. The SMILES string of the molecule is CC[NH+]1CCN(c2ccc(NC(=O)Cc3ccc(OC)cc3)cc2)CC1. The Bertz CT molecular complexity index is 705. The number of hydrogen-bond acceptors (Lipinski definition) is 3. The molecule has 5 nitrogen and oxygen atoms in total. The summed E-state index contributed by atoms with van der Waals surface area (Å²) in [6.45, 7) is 8.01. The maximum absolute atomic E-state index is 12.2. The fourth-order valence-electron chi connectivity index (χ4n) is 3.32. The molecule has 1 amide bonds. The highest BCUT2D eigenvalue weighted by molar-refractivity contribution is 5.92. The van der Waals surface area contributed by atoms with Gasteiger partial charge in [-0.1, -0.05) is 12.1 Å². The Morgan fingerprint density at radius 2 is 1.73 bits per heavy atom. The van der Waals surface area contributed by atoms with Crippen molar-refractivity contribution in [1.82, 2.24) is 0 Å². The smallest absolute Gasteiger partial charge is 0.228 e. The van der Waals surface area contributed by atoms with Crippen molar-refractivity contribution in [2.45, 2.75) is 13.3 Å². The van der Waals surface area contributed by atoms with Crippen molar-refractivity contribution < 1.29 is 14.4 Å². The van der Waals surface area contributed by atoms with E-state index in [0.717, 1.165) is 30.1 Å². The first-order valence-electron chi connectivity index (χ1n) is 9.29. The van der Waals surface area contributed by atoms with Crippen LogP contribution in [0.2, 0.25) is 0 Å². The summed E-state index contributed by atoms with van der Waals surface area (Å²) in [5, 5.41) is 2.97. The Balaban J connectivity index is 1.52. The normalized spacial score (nSPS) is 14.9. The second kappa shape index (κ2) is 8.72. The Hall–Kier alpha value is -2.53. The number of likely N-dealkylation sites (N-methyl/N-ethyl adjacent to an activating group) is 1. The van der Waals surface area contributed by atoms with E-state index in [1.807, 2.05) is 36.4 Å². The van der Waals surface area contributed by atoms with Crippen LogP contribution in [0.4, 0.5) is 11.4 Å². The monoisotopic (exact) mass is 354 g/mol. The van der Waals surface area contributed by atoms with Crippen LogP contribution >= 0.6 is 0 Å². The van der Waals surface area contributed by atoms with Crippen LogP contribution < -0.4 is 19.9 Å². The van der Waals surface area contributed by atoms with Gasteiger partial charge in [-0.25, -0.2) is 0 Å². The van der Waals surface area contributed by atoms with Gasteiger partial charge in [0.2, 0.25) is 5.91 Å². The number of hydrogen-bond donors (Lipinski definition) is 2. The van der Waals surface area contributed by atoms with Crippen LogP contribution in [0.25, 0.3) is 0 Å². The van der Waals surface area contributed by atoms with Crippen molar-refractivity contribution in [3.8, 4) is 5.75 Å². The average molecular weight is 354 g/mol. The molecule has 0 unspecified atom stereocenters. The number of nitrogens with zero attached hydrogens (tertiary/aromatic N) is 1. The van der Waals surface area contributed by atoms with E-state index in [4.69, 9.17) is 4.74 Å². The number of amides is 1. The Labute approximate surface area is 155 Å². The molecule has 1 heterocycles. The molecule has 3 rings (SSSR count). The van der Waals surface area contributed by atoms with E-state index in [9.17, 15) is 4.79 Å². The van der Waals surface area contributed by atoms with Gasteiger partial charge in [-0.3, -0.25) is 4.79 Å². The molecule has 0 saturated carbocycles. The number of ether oxygens (including phenoxy) is 1. The molecule has 2 aromatic rings. The number of anilines is 2. The Morgan fingerprint density at radius 3 is 2.31 bits per heavy atom. The molecule has 0 aliphatic carbocycles. The molecule has 1 fully saturated rings. The van der Waals surface area contributed by atoms with Gasteiger partial charge >= 0.3 is 0 Å². The summed E-state index contributed by atoms with van der Waals surface area (Å²) >= 11 is 0. The van der Waals surface area contributed by atoms with Crippen molar-refractivity contribution in [3.63, 3.8) is 0 Å². The van der Waals surface area contributed by atoms with Gasteiger partial charge in [0.1, 0.15) is 5.75 Å². The third kappa shape index (κ3) is 4.76. The minimum absolute atomic E-state index is 0.0110. The molecule has 1 saturated heterocycles. The topological polar surface area (TPSA) is 46.0 Å². The molecular weight excluding hydrogens is 326 g/mol. The van der Waals surface area contributed by atoms with Crippen LogP contribution in [0, 0.1) is 0 Å². The fraction of sp³-hybridized carbons (Fsp3) is 0.381. The van der Waals surface area contributed by atoms with Crippen molar-refractivity contribution >= 4 is 17.3 Å². The molecule has 138 valence electrons. The fourth-order valence-corrected chi connectivity index (χ4v) is 3.32. The quantitative estimate of drug-likeness (QED) is 0.828. The first kappa shape index (κ1) is 18.3. The second-order valence-electron chi connectivity index (χ2n) is 6.71. The van der Waals surface area contributed by atoms with E-state index >= 15 is 0 Å². The summed E-state index contributed by atoms with van der Waals surface area (Å²) in [5.41, 5.74) is 3.04. The van der Waals surface area contributed by atoms with E-state index < -0.39 is 0 Å². The molecule has 0 spiro atoms. The van der Waals surface area contributed by atoms with Crippen LogP contribution in [-0.2, 0) is 11.2 Å². The Morgan fingerprint density at radius 1 is 1.08 bits per heavy atom. The lowest BCUT2D eigenvalue weighted by atomic mass is 10.1. The molecule has 5 heteroatoms. The van der Waals surface area contributed by atoms with Crippen LogP contribution in [0.1, 0.15) is 12.5 Å². The van der Waals surface area contributed by atoms with Crippen LogP contribution in [0.5, 0.6) is 5.75 Å². The lowest BCUT2D eigenvalue weighted by molar-refractivity contribution is -0.898. The molecule has 26 heavy (non-hydrogen) atoms. The number of methoxy groups -OCH3 is 1. The van der Waals surface area contributed by atoms with Gasteiger partial charge in [-0.2, -0.15) is 0 Å². The minimum atomic E-state index is -0.0110. The van der Waals surface area contributed by atoms with Crippen LogP contribution in [-0.4, -0.2) is 45.7 Å². The van der Waals surface area contributed by atoms with Gasteiger partial charge < -0.3 is 19.9 Å². The third-order valence-electron chi connectivity index (χ3n) is 5.01. The molecule has 0 atom stereocenters. The summed E-state index contributed by atoms with van der Waals surface area (Å²) in [4.78, 5) is 16.3. The molecule has 1 aliphatic heterocycles. The molecule has 0 aromatic heterocycles. The first-order valence-corrected chi connectivity index (χ1v) is 9.29. The van der Waals surface area contributed by atoms with Crippen LogP contribution in [0.3, 0.4) is 0 Å². The number of rotatable bonds is 6. The van der Waals surface area contributed by atoms with E-state index in [1.165, 1.54) is 25.3 Å². The maximum Gasteiger partial charge on any atom is 0.228 e. The zero-order valence-electron chi connectivity index (χ0n) is 15.6. The summed E-state index contributed by atoms with van der Waals surface area (Å²) < 4.78 is 5.14. The third-order valence-corrected chi connectivity index (χ3v) is 5.01. The first-order chi connectivity index (χ1) is 12.7. The van der Waals surface area contributed by atoms with E-state index in [2.05, 4.69) is 29.3 Å². The number of quaternary nitrogens is 1. The molecule has 0 bridgehead atoms. The van der Waals surface area contributed by atoms with Gasteiger partial charge in [0.25, 0.3) is 0 Å². The second-order valence-corrected chi connectivity index (χ2v) is 6.71. The van der Waals surface area contributed by atoms with Crippen LogP contribution in [0.15, 0.2) is 48.5 Å². The lowest BCUT2D eigenvalue weighted by Gasteiger charge is -2.33. The highest BCUT2D eigenvalue weighted by Crippen LogP contribution is 2.18. The van der Waals surface area contributed by atoms with Crippen molar-refractivity contribution in [3.05, 3.63) is 54.1 Å². The minimum Gasteiger partial charge on any atom is -0.497 e. The van der Waals surface area contributed by atoms with Gasteiger partial charge in [-0.15, -0.1) is 0 Å². The lowest BCUT2D eigenvalue weighted by Crippen LogP contribution is -3.14. The number of nitrogens with one attached hydrogen (secondary N) is 2. The largest absolute Gasteiger partial charge is 0.497 e. The number of carbonyl (C=O) groups is 1. The van der Waals surface area contributed by atoms with E-state index in [0.29, 0.717) is 6.42 Å². The van der Waals surface area contributed by atoms with Crippen molar-refractivity contribution in [1.29, 1.82) is 0 Å². The molecule has 2 N–H and O–H groups in total. The molecule has 0 radical (unpaired) electrons. The zero-order valence-corrected chi connectivity index (χ0v) is 15.6. The number of benzene rings is 2. The molecule has 1 aliphatic rings. The highest BCUT2D eigenvalue weighted by atomic mass is 16.5.